The van der Waals surface area contributed by atoms with Crippen LogP contribution in [0.5, 0.6) is 0 Å². The standard InChI is InChI=1S/C25H40O3/c1-3-5-6-7-8-9-10-11-12-13-16-21-17-14-15-18-22(21)25-23(28-25)19-20-24(26)27-4-2/h14-15,17-18,23,25H,3-13,16,19-20H2,1-2H3. The molecule has 0 amide bonds. The van der Waals surface area contributed by atoms with Crippen LogP contribution in [-0.2, 0) is 20.7 Å². The Morgan fingerprint density at radius 2 is 1.57 bits per heavy atom. The summed E-state index contributed by atoms with van der Waals surface area (Å²) in [5.74, 6) is -0.115. The first-order chi connectivity index (χ1) is 13.8. The van der Waals surface area contributed by atoms with Gasteiger partial charge in [0.2, 0.25) is 0 Å². The quantitative estimate of drug-likeness (QED) is 0.175. The molecule has 0 N–H and O–H groups in total. The summed E-state index contributed by atoms with van der Waals surface area (Å²) >= 11 is 0. The maximum Gasteiger partial charge on any atom is 0.305 e. The minimum absolute atomic E-state index is 0.115. The molecular formula is C25H40O3. The Balaban J connectivity index is 1.60. The van der Waals surface area contributed by atoms with Crippen molar-refractivity contribution in [3.05, 3.63) is 35.4 Å². The molecule has 28 heavy (non-hydrogen) atoms. The summed E-state index contributed by atoms with van der Waals surface area (Å²) < 4.78 is 10.9. The Morgan fingerprint density at radius 3 is 2.25 bits per heavy atom. The molecule has 0 aliphatic carbocycles. The second kappa shape index (κ2) is 13.8. The number of epoxide rings is 1. The lowest BCUT2D eigenvalue weighted by Crippen LogP contribution is -2.05. The molecule has 1 fully saturated rings. The zero-order valence-electron chi connectivity index (χ0n) is 18.1. The van der Waals surface area contributed by atoms with Gasteiger partial charge in [-0.2, -0.15) is 0 Å². The van der Waals surface area contributed by atoms with Gasteiger partial charge in [0.15, 0.2) is 0 Å². The third kappa shape index (κ3) is 8.77. The minimum Gasteiger partial charge on any atom is -0.466 e. The minimum atomic E-state index is -0.115. The van der Waals surface area contributed by atoms with Crippen molar-refractivity contribution in [3.63, 3.8) is 0 Å². The van der Waals surface area contributed by atoms with Gasteiger partial charge in [0.25, 0.3) is 0 Å². The van der Waals surface area contributed by atoms with E-state index in [1.54, 1.807) is 0 Å². The number of carbonyl (C=O) groups excluding carboxylic acids is 1. The van der Waals surface area contributed by atoms with Crippen molar-refractivity contribution in [2.45, 2.75) is 110 Å². The molecule has 1 heterocycles. The fourth-order valence-corrected chi connectivity index (χ4v) is 3.97. The van der Waals surface area contributed by atoms with Gasteiger partial charge < -0.3 is 9.47 Å². The summed E-state index contributed by atoms with van der Waals surface area (Å²) in [6.45, 7) is 4.57. The number of carbonyl (C=O) groups is 1. The third-order valence-electron chi connectivity index (χ3n) is 5.68. The molecule has 0 spiro atoms. The Labute approximate surface area is 172 Å². The normalized spacial score (nSPS) is 18.2. The van der Waals surface area contributed by atoms with E-state index < -0.39 is 0 Å². The Morgan fingerprint density at radius 1 is 0.929 bits per heavy atom. The molecule has 1 aromatic rings. The van der Waals surface area contributed by atoms with E-state index in [9.17, 15) is 4.79 Å². The van der Waals surface area contributed by atoms with Crippen LogP contribution in [0.25, 0.3) is 0 Å². The highest BCUT2D eigenvalue weighted by atomic mass is 16.6. The predicted octanol–water partition coefficient (Wildman–Crippen LogP) is 6.93. The number of esters is 1. The average molecular weight is 389 g/mol. The van der Waals surface area contributed by atoms with Crippen LogP contribution in [0.4, 0.5) is 0 Å². The topological polar surface area (TPSA) is 38.8 Å². The Kier molecular flexibility index (Phi) is 11.3. The Bertz CT molecular complexity index is 554. The van der Waals surface area contributed by atoms with Gasteiger partial charge in [0.05, 0.1) is 12.7 Å². The van der Waals surface area contributed by atoms with E-state index >= 15 is 0 Å². The molecule has 158 valence electrons. The molecule has 2 unspecified atom stereocenters. The van der Waals surface area contributed by atoms with Crippen LogP contribution >= 0.6 is 0 Å². The van der Waals surface area contributed by atoms with E-state index in [2.05, 4.69) is 31.2 Å². The summed E-state index contributed by atoms with van der Waals surface area (Å²) in [6, 6.07) is 8.67. The van der Waals surface area contributed by atoms with Crippen molar-refractivity contribution in [2.24, 2.45) is 0 Å². The van der Waals surface area contributed by atoms with Crippen LogP contribution < -0.4 is 0 Å². The fourth-order valence-electron chi connectivity index (χ4n) is 3.97. The second-order valence-electron chi connectivity index (χ2n) is 8.07. The molecule has 0 radical (unpaired) electrons. The molecule has 3 heteroatoms. The van der Waals surface area contributed by atoms with E-state index in [0.29, 0.717) is 13.0 Å². The van der Waals surface area contributed by atoms with Crippen LogP contribution in [0.3, 0.4) is 0 Å². The van der Waals surface area contributed by atoms with Gasteiger partial charge in [0.1, 0.15) is 6.10 Å². The van der Waals surface area contributed by atoms with E-state index in [1.165, 1.54) is 75.3 Å². The van der Waals surface area contributed by atoms with Gasteiger partial charge in [-0.05, 0) is 37.3 Å². The molecule has 1 aliphatic heterocycles. The highest BCUT2D eigenvalue weighted by Crippen LogP contribution is 2.43. The van der Waals surface area contributed by atoms with E-state index in [0.717, 1.165) is 12.8 Å². The molecule has 2 atom stereocenters. The van der Waals surface area contributed by atoms with Crippen molar-refractivity contribution >= 4 is 5.97 Å². The van der Waals surface area contributed by atoms with E-state index in [4.69, 9.17) is 9.47 Å². The van der Waals surface area contributed by atoms with Crippen LogP contribution in [-0.4, -0.2) is 18.7 Å². The van der Waals surface area contributed by atoms with Crippen molar-refractivity contribution in [1.82, 2.24) is 0 Å². The molecule has 1 saturated heterocycles. The third-order valence-corrected chi connectivity index (χ3v) is 5.68. The summed E-state index contributed by atoms with van der Waals surface area (Å²) in [5, 5.41) is 0. The van der Waals surface area contributed by atoms with Crippen molar-refractivity contribution < 1.29 is 14.3 Å². The van der Waals surface area contributed by atoms with Gasteiger partial charge in [0, 0.05) is 6.42 Å². The lowest BCUT2D eigenvalue weighted by atomic mass is 9.96. The lowest BCUT2D eigenvalue weighted by Gasteiger charge is -2.08. The molecule has 1 aromatic carbocycles. The lowest BCUT2D eigenvalue weighted by molar-refractivity contribution is -0.143. The first-order valence-electron chi connectivity index (χ1n) is 11.6. The number of rotatable bonds is 16. The number of hydrogen-bond donors (Lipinski definition) is 0. The molecule has 3 nitrogen and oxygen atoms in total. The van der Waals surface area contributed by atoms with Gasteiger partial charge in [-0.15, -0.1) is 0 Å². The van der Waals surface area contributed by atoms with Crippen LogP contribution in [0.2, 0.25) is 0 Å². The largest absolute Gasteiger partial charge is 0.466 e. The summed E-state index contributed by atoms with van der Waals surface area (Å²) in [5.41, 5.74) is 2.75. The molecule has 0 saturated carbocycles. The van der Waals surface area contributed by atoms with E-state index in [-0.39, 0.29) is 18.2 Å². The van der Waals surface area contributed by atoms with Crippen molar-refractivity contribution in [1.29, 1.82) is 0 Å². The highest BCUT2D eigenvalue weighted by molar-refractivity contribution is 5.69. The second-order valence-corrected chi connectivity index (χ2v) is 8.07. The van der Waals surface area contributed by atoms with Crippen LogP contribution in [0.1, 0.15) is 108 Å². The number of aryl methyl sites for hydroxylation is 1. The maximum absolute atomic E-state index is 11.5. The first kappa shape index (κ1) is 22.9. The first-order valence-corrected chi connectivity index (χ1v) is 11.6. The summed E-state index contributed by atoms with van der Waals surface area (Å²) in [7, 11) is 0. The molecule has 1 aliphatic rings. The monoisotopic (exact) mass is 388 g/mol. The van der Waals surface area contributed by atoms with E-state index in [1.807, 2.05) is 6.92 Å². The highest BCUT2D eigenvalue weighted by Gasteiger charge is 2.40. The number of hydrogen-bond acceptors (Lipinski definition) is 3. The SMILES string of the molecule is CCCCCCCCCCCCc1ccccc1C1OC1CCC(=O)OCC. The number of unbranched alkanes of at least 4 members (excludes halogenated alkanes) is 9. The predicted molar refractivity (Wildman–Crippen MR) is 115 cm³/mol. The summed E-state index contributed by atoms with van der Waals surface area (Å²) in [4.78, 5) is 11.5. The van der Waals surface area contributed by atoms with Gasteiger partial charge >= 0.3 is 5.97 Å². The van der Waals surface area contributed by atoms with Gasteiger partial charge in [-0.1, -0.05) is 89.0 Å². The van der Waals surface area contributed by atoms with Crippen LogP contribution in [0, 0.1) is 0 Å². The van der Waals surface area contributed by atoms with Gasteiger partial charge in [-0.25, -0.2) is 0 Å². The zero-order valence-corrected chi connectivity index (χ0v) is 18.1. The van der Waals surface area contributed by atoms with Crippen molar-refractivity contribution in [3.8, 4) is 0 Å². The summed E-state index contributed by atoms with van der Waals surface area (Å²) in [6.07, 6.45) is 16.4. The molecular weight excluding hydrogens is 348 g/mol. The molecule has 0 bridgehead atoms. The van der Waals surface area contributed by atoms with Crippen molar-refractivity contribution in [2.75, 3.05) is 6.61 Å². The van der Waals surface area contributed by atoms with Crippen LogP contribution in [0.15, 0.2) is 24.3 Å². The number of ether oxygens (including phenoxy) is 2. The Hall–Kier alpha value is -1.35. The number of benzene rings is 1. The molecule has 2 rings (SSSR count). The average Bonchev–Trinajstić information content (AvgIpc) is 3.48. The maximum atomic E-state index is 11.5. The fraction of sp³-hybridized carbons (Fsp3) is 0.720. The molecule has 0 aromatic heterocycles. The zero-order chi connectivity index (χ0) is 20.0. The van der Waals surface area contributed by atoms with Gasteiger partial charge in [-0.3, -0.25) is 4.79 Å². The smallest absolute Gasteiger partial charge is 0.305 e.